The third-order valence-corrected chi connectivity index (χ3v) is 6.21. The summed E-state index contributed by atoms with van der Waals surface area (Å²) < 4.78 is 32.2. The third-order valence-electron chi connectivity index (χ3n) is 5.47. The number of urea groups is 1. The fourth-order valence-electron chi connectivity index (χ4n) is 3.57. The van der Waals surface area contributed by atoms with Gasteiger partial charge < -0.3 is 25.2 Å². The van der Waals surface area contributed by atoms with E-state index in [1.807, 2.05) is 19.0 Å². The largest absolute Gasteiger partial charge is 0.444 e. The van der Waals surface area contributed by atoms with E-state index < -0.39 is 35.3 Å². The Balaban J connectivity index is 1.65. The Labute approximate surface area is 241 Å². The lowest BCUT2D eigenvalue weighted by molar-refractivity contribution is 0.0635. The van der Waals surface area contributed by atoms with Gasteiger partial charge in [0.2, 0.25) is 0 Å². The van der Waals surface area contributed by atoms with E-state index in [0.717, 1.165) is 18.7 Å². The minimum Gasteiger partial charge on any atom is -0.444 e. The van der Waals surface area contributed by atoms with Gasteiger partial charge in [-0.15, -0.1) is 11.3 Å². The van der Waals surface area contributed by atoms with Crippen molar-refractivity contribution in [1.82, 2.24) is 14.8 Å². The highest BCUT2D eigenvalue weighted by molar-refractivity contribution is 7.09. The molecule has 0 unspecified atom stereocenters. The van der Waals surface area contributed by atoms with Crippen LogP contribution in [0.1, 0.15) is 43.2 Å². The number of thiophene rings is 1. The summed E-state index contributed by atoms with van der Waals surface area (Å²) in [4.78, 5) is 45.7. The smallest absolute Gasteiger partial charge is 0.412 e. The molecule has 13 heteroatoms. The van der Waals surface area contributed by atoms with Gasteiger partial charge in [0.15, 0.2) is 11.6 Å². The fraction of sp³-hybridized carbons (Fsp3) is 0.357. The topological polar surface area (TPSA) is 116 Å². The summed E-state index contributed by atoms with van der Waals surface area (Å²) in [5.41, 5.74) is 1.05. The molecule has 0 atom stereocenters. The highest BCUT2D eigenvalue weighted by Gasteiger charge is 2.19. The quantitative estimate of drug-likeness (QED) is 0.267. The molecule has 4 amide bonds. The molecule has 3 rings (SSSR count). The molecule has 10 nitrogen and oxygen atoms in total. The third kappa shape index (κ3) is 10.1. The molecule has 0 aliphatic rings. The Morgan fingerprint density at radius 1 is 0.951 bits per heavy atom. The first kappa shape index (κ1) is 31.4. The number of pyridine rings is 1. The van der Waals surface area contributed by atoms with E-state index in [1.54, 1.807) is 37.6 Å². The molecule has 0 saturated heterocycles. The molecule has 0 radical (unpaired) electrons. The van der Waals surface area contributed by atoms with E-state index in [1.165, 1.54) is 34.6 Å². The first-order chi connectivity index (χ1) is 19.3. The maximum absolute atomic E-state index is 13.6. The summed E-state index contributed by atoms with van der Waals surface area (Å²) >= 11 is 1.29. The zero-order chi connectivity index (χ0) is 30.2. The molecule has 0 aliphatic carbocycles. The van der Waals surface area contributed by atoms with E-state index in [-0.39, 0.29) is 17.9 Å². The number of nitrogens with zero attached hydrogens (tertiary/aromatic N) is 3. The molecule has 0 aliphatic heterocycles. The van der Waals surface area contributed by atoms with Gasteiger partial charge in [0.1, 0.15) is 11.3 Å². The van der Waals surface area contributed by atoms with Gasteiger partial charge in [-0.05, 0) is 71.6 Å². The highest BCUT2D eigenvalue weighted by atomic mass is 32.1. The number of halogens is 2. The van der Waals surface area contributed by atoms with Crippen LogP contribution in [0.5, 0.6) is 0 Å². The summed E-state index contributed by atoms with van der Waals surface area (Å²) in [6, 6.07) is 5.87. The molecule has 41 heavy (non-hydrogen) atoms. The maximum atomic E-state index is 13.6. The lowest BCUT2D eigenvalue weighted by Gasteiger charge is -2.24. The van der Waals surface area contributed by atoms with Crippen molar-refractivity contribution in [3.63, 3.8) is 0 Å². The van der Waals surface area contributed by atoms with Gasteiger partial charge in [-0.2, -0.15) is 0 Å². The van der Waals surface area contributed by atoms with Crippen molar-refractivity contribution in [2.45, 2.75) is 39.3 Å². The molecular formula is C28H34F2N6O4S. The van der Waals surface area contributed by atoms with Crippen LogP contribution in [0.4, 0.5) is 35.4 Å². The van der Waals surface area contributed by atoms with Gasteiger partial charge in [-0.25, -0.2) is 18.4 Å². The fourth-order valence-corrected chi connectivity index (χ4v) is 4.28. The number of benzene rings is 1. The van der Waals surface area contributed by atoms with Crippen molar-refractivity contribution in [2.24, 2.45) is 0 Å². The van der Waals surface area contributed by atoms with Gasteiger partial charge in [-0.1, -0.05) is 6.07 Å². The average Bonchev–Trinajstić information content (AvgIpc) is 3.30. The van der Waals surface area contributed by atoms with Gasteiger partial charge in [0.25, 0.3) is 5.91 Å². The number of aromatic nitrogens is 1. The zero-order valence-corrected chi connectivity index (χ0v) is 24.4. The summed E-state index contributed by atoms with van der Waals surface area (Å²) in [5, 5.41) is 11.3. The number of rotatable bonds is 10. The molecule has 0 fully saturated rings. The normalized spacial score (nSPS) is 11.2. The van der Waals surface area contributed by atoms with E-state index in [4.69, 9.17) is 4.74 Å². The van der Waals surface area contributed by atoms with Gasteiger partial charge in [-0.3, -0.25) is 15.1 Å². The summed E-state index contributed by atoms with van der Waals surface area (Å²) in [7, 11) is 3.85. The summed E-state index contributed by atoms with van der Waals surface area (Å²) in [6.07, 6.45) is 1.52. The average molecular weight is 589 g/mol. The van der Waals surface area contributed by atoms with Crippen LogP contribution >= 0.6 is 11.3 Å². The van der Waals surface area contributed by atoms with E-state index >= 15 is 0 Å². The Morgan fingerprint density at radius 3 is 2.27 bits per heavy atom. The number of hydrogen-bond acceptors (Lipinski definition) is 7. The predicted molar refractivity (Wildman–Crippen MR) is 155 cm³/mol. The van der Waals surface area contributed by atoms with Crippen LogP contribution in [0.25, 0.3) is 0 Å². The van der Waals surface area contributed by atoms with Crippen molar-refractivity contribution in [2.75, 3.05) is 43.1 Å². The minimum absolute atomic E-state index is 0.130. The van der Waals surface area contributed by atoms with Crippen molar-refractivity contribution >= 4 is 46.4 Å². The number of carbonyl (C=O) groups excluding carboxylic acids is 3. The molecule has 2 aromatic heterocycles. The molecule has 3 aromatic rings. The van der Waals surface area contributed by atoms with Crippen LogP contribution in [0.2, 0.25) is 0 Å². The first-order valence-corrected chi connectivity index (χ1v) is 13.7. The Bertz CT molecular complexity index is 1360. The van der Waals surface area contributed by atoms with Crippen LogP contribution in [-0.2, 0) is 11.3 Å². The van der Waals surface area contributed by atoms with Crippen LogP contribution in [0, 0.1) is 11.6 Å². The van der Waals surface area contributed by atoms with Crippen LogP contribution in [0.3, 0.4) is 0 Å². The number of carbonyl (C=O) groups is 3. The second-order valence-electron chi connectivity index (χ2n) is 10.5. The van der Waals surface area contributed by atoms with Gasteiger partial charge in [0.05, 0.1) is 11.4 Å². The van der Waals surface area contributed by atoms with Crippen molar-refractivity contribution in [1.29, 1.82) is 0 Å². The minimum atomic E-state index is -1.06. The van der Waals surface area contributed by atoms with Gasteiger partial charge in [0, 0.05) is 41.8 Å². The van der Waals surface area contributed by atoms with Crippen molar-refractivity contribution in [3.8, 4) is 0 Å². The molecule has 0 saturated carbocycles. The molecule has 3 N–H and O–H groups in total. The van der Waals surface area contributed by atoms with E-state index in [0.29, 0.717) is 29.9 Å². The highest BCUT2D eigenvalue weighted by Crippen LogP contribution is 2.27. The first-order valence-electron chi connectivity index (χ1n) is 12.8. The number of amides is 4. The molecule has 220 valence electrons. The number of nitrogens with one attached hydrogen (secondary N) is 3. The Morgan fingerprint density at radius 2 is 1.66 bits per heavy atom. The van der Waals surface area contributed by atoms with E-state index in [9.17, 15) is 23.2 Å². The molecule has 0 bridgehead atoms. The standard InChI is InChI=1S/C28H34F2N6O4S/c1-28(2,3)40-27(39)34-24-17-41-16-23(24)33-25(37)22-10-7-18(14-31-22)15-36(12-6-11-35(4)5)26(38)32-19-8-9-20(29)21(30)13-19/h7-10,13-14,16-17H,6,11-12,15H2,1-5H3,(H,32,38)(H,33,37)(H,34,39). The maximum Gasteiger partial charge on any atom is 0.412 e. The number of anilines is 3. The van der Waals surface area contributed by atoms with Crippen molar-refractivity contribution in [3.05, 3.63) is 70.2 Å². The Kier molecular flexibility index (Phi) is 10.7. The molecular weight excluding hydrogens is 554 g/mol. The number of hydrogen-bond donors (Lipinski definition) is 3. The second-order valence-corrected chi connectivity index (χ2v) is 11.2. The summed E-state index contributed by atoms with van der Waals surface area (Å²) in [6.45, 7) is 6.55. The SMILES string of the molecule is CN(C)CCCN(Cc1ccc(C(=O)Nc2cscc2NC(=O)OC(C)(C)C)nc1)C(=O)Nc1ccc(F)c(F)c1. The molecule has 0 spiro atoms. The van der Waals surface area contributed by atoms with Crippen LogP contribution in [-0.4, -0.2) is 65.6 Å². The summed E-state index contributed by atoms with van der Waals surface area (Å²) in [5.74, 6) is -2.55. The van der Waals surface area contributed by atoms with Gasteiger partial charge >= 0.3 is 12.1 Å². The van der Waals surface area contributed by atoms with E-state index in [2.05, 4.69) is 20.9 Å². The zero-order valence-electron chi connectivity index (χ0n) is 23.6. The lowest BCUT2D eigenvalue weighted by atomic mass is 10.2. The Hall–Kier alpha value is -4.10. The monoisotopic (exact) mass is 588 g/mol. The second kappa shape index (κ2) is 14.0. The molecule has 2 heterocycles. The molecule has 1 aromatic carbocycles. The lowest BCUT2D eigenvalue weighted by Crippen LogP contribution is -2.36. The van der Waals surface area contributed by atoms with Crippen molar-refractivity contribution < 1.29 is 27.9 Å². The predicted octanol–water partition coefficient (Wildman–Crippen LogP) is 6.01. The van der Waals surface area contributed by atoms with Crippen LogP contribution < -0.4 is 16.0 Å². The number of ether oxygens (including phenoxy) is 1. The van der Waals surface area contributed by atoms with Crippen LogP contribution in [0.15, 0.2) is 47.3 Å².